The van der Waals surface area contributed by atoms with Crippen LogP contribution in [0.2, 0.25) is 5.02 Å². The molecule has 0 saturated heterocycles. The minimum Gasteiger partial charge on any atom is -0.382 e. The molecular formula is C18H11ClF5N3O2. The minimum atomic E-state index is -4.85. The number of imidazole rings is 1. The van der Waals surface area contributed by atoms with Crippen LogP contribution in [-0.2, 0) is 6.18 Å². The fourth-order valence-corrected chi connectivity index (χ4v) is 2.77. The third kappa shape index (κ3) is 4.54. The fourth-order valence-electron chi connectivity index (χ4n) is 2.55. The number of carbonyl (C=O) groups is 1. The van der Waals surface area contributed by atoms with Crippen molar-refractivity contribution in [3.05, 3.63) is 81.8 Å². The molecule has 152 valence electrons. The number of benzene rings is 2. The predicted octanol–water partition coefficient (Wildman–Crippen LogP) is 4.69. The highest BCUT2D eigenvalue weighted by Crippen LogP contribution is 2.32. The molecule has 1 unspecified atom stereocenters. The van der Waals surface area contributed by atoms with Crippen molar-refractivity contribution in [1.29, 1.82) is 0 Å². The van der Waals surface area contributed by atoms with Crippen LogP contribution in [0.25, 0.3) is 0 Å². The zero-order chi connectivity index (χ0) is 21.3. The van der Waals surface area contributed by atoms with Gasteiger partial charge < -0.3 is 15.4 Å². The maximum Gasteiger partial charge on any atom is 0.416 e. The van der Waals surface area contributed by atoms with Gasteiger partial charge in [-0.25, -0.2) is 13.8 Å². The third-order valence-electron chi connectivity index (χ3n) is 3.91. The second-order valence-corrected chi connectivity index (χ2v) is 6.32. The standard InChI is InChI=1S/C18H11ClF5N3O2/c19-13-2-1-10(20)6-12(13)15(28)14-16(26-7-25-14)27-17(29)8-3-9(18(22,23)24)5-11(21)4-8/h1-7,15,28H,(H,25,26)(H,27,29). The molecule has 1 amide bonds. The van der Waals surface area contributed by atoms with E-state index in [-0.39, 0.29) is 28.2 Å². The van der Waals surface area contributed by atoms with Gasteiger partial charge in [-0.3, -0.25) is 4.79 Å². The number of H-pyrrole nitrogens is 1. The van der Waals surface area contributed by atoms with Gasteiger partial charge in [-0.15, -0.1) is 0 Å². The summed E-state index contributed by atoms with van der Waals surface area (Å²) < 4.78 is 65.5. The first-order valence-electron chi connectivity index (χ1n) is 7.91. The largest absolute Gasteiger partial charge is 0.416 e. The van der Waals surface area contributed by atoms with E-state index < -0.39 is 40.9 Å². The smallest absolute Gasteiger partial charge is 0.382 e. The number of amides is 1. The molecule has 0 aliphatic carbocycles. The molecule has 11 heteroatoms. The average molecular weight is 432 g/mol. The second kappa shape index (κ2) is 7.80. The summed E-state index contributed by atoms with van der Waals surface area (Å²) in [7, 11) is 0. The summed E-state index contributed by atoms with van der Waals surface area (Å²) in [6.45, 7) is 0. The fraction of sp³-hybridized carbons (Fsp3) is 0.111. The molecule has 0 spiro atoms. The number of nitrogens with zero attached hydrogens (tertiary/aromatic N) is 1. The number of hydrogen-bond acceptors (Lipinski definition) is 3. The lowest BCUT2D eigenvalue weighted by Crippen LogP contribution is -2.16. The van der Waals surface area contributed by atoms with Crippen LogP contribution in [0.5, 0.6) is 0 Å². The van der Waals surface area contributed by atoms with Crippen molar-refractivity contribution >= 4 is 23.3 Å². The SMILES string of the molecule is O=C(Nc1[nH]cnc1C(O)c1cc(F)ccc1Cl)c1cc(F)cc(C(F)(F)F)c1. The molecule has 3 rings (SSSR count). The summed E-state index contributed by atoms with van der Waals surface area (Å²) in [6.07, 6.45) is -5.31. The number of alkyl halides is 3. The summed E-state index contributed by atoms with van der Waals surface area (Å²) in [4.78, 5) is 18.6. The van der Waals surface area contributed by atoms with Gasteiger partial charge in [-0.05, 0) is 36.4 Å². The van der Waals surface area contributed by atoms with E-state index in [1.807, 2.05) is 0 Å². The van der Waals surface area contributed by atoms with E-state index in [2.05, 4.69) is 15.3 Å². The molecule has 0 aliphatic rings. The topological polar surface area (TPSA) is 78.0 Å². The first-order chi connectivity index (χ1) is 13.6. The highest BCUT2D eigenvalue weighted by atomic mass is 35.5. The summed E-state index contributed by atoms with van der Waals surface area (Å²) in [5.41, 5.74) is -2.15. The number of aromatic nitrogens is 2. The number of aliphatic hydroxyl groups is 1. The quantitative estimate of drug-likeness (QED) is 0.524. The molecular weight excluding hydrogens is 421 g/mol. The van der Waals surface area contributed by atoms with E-state index >= 15 is 0 Å². The van der Waals surface area contributed by atoms with Gasteiger partial charge in [0.2, 0.25) is 0 Å². The van der Waals surface area contributed by atoms with Gasteiger partial charge in [0.25, 0.3) is 5.91 Å². The Bertz CT molecular complexity index is 1070. The number of hydrogen-bond donors (Lipinski definition) is 3. The molecule has 1 atom stereocenters. The molecule has 3 aromatic rings. The molecule has 3 N–H and O–H groups in total. The van der Waals surface area contributed by atoms with Crippen LogP contribution in [0.4, 0.5) is 27.8 Å². The number of halogens is 6. The Morgan fingerprint density at radius 2 is 1.86 bits per heavy atom. The van der Waals surface area contributed by atoms with Crippen LogP contribution >= 0.6 is 11.6 Å². The van der Waals surface area contributed by atoms with Crippen molar-refractivity contribution in [2.75, 3.05) is 5.32 Å². The van der Waals surface area contributed by atoms with Crippen molar-refractivity contribution in [2.45, 2.75) is 12.3 Å². The number of aromatic amines is 1. The Labute approximate surface area is 165 Å². The minimum absolute atomic E-state index is 0.0270. The Morgan fingerprint density at radius 1 is 1.14 bits per heavy atom. The molecule has 0 fully saturated rings. The first-order valence-corrected chi connectivity index (χ1v) is 8.29. The van der Waals surface area contributed by atoms with Gasteiger partial charge in [0.1, 0.15) is 29.3 Å². The van der Waals surface area contributed by atoms with Crippen molar-refractivity contribution in [3.63, 3.8) is 0 Å². The number of carbonyl (C=O) groups excluding carboxylic acids is 1. The monoisotopic (exact) mass is 431 g/mol. The Morgan fingerprint density at radius 3 is 2.55 bits per heavy atom. The van der Waals surface area contributed by atoms with Crippen LogP contribution in [0.3, 0.4) is 0 Å². The van der Waals surface area contributed by atoms with E-state index in [9.17, 15) is 31.9 Å². The summed E-state index contributed by atoms with van der Waals surface area (Å²) in [5.74, 6) is -3.19. The molecule has 0 saturated carbocycles. The van der Waals surface area contributed by atoms with Gasteiger partial charge in [0, 0.05) is 16.1 Å². The van der Waals surface area contributed by atoms with Crippen LogP contribution in [0, 0.1) is 11.6 Å². The lowest BCUT2D eigenvalue weighted by molar-refractivity contribution is -0.137. The summed E-state index contributed by atoms with van der Waals surface area (Å²) in [5, 5.41) is 12.7. The van der Waals surface area contributed by atoms with Crippen molar-refractivity contribution in [2.24, 2.45) is 0 Å². The highest BCUT2D eigenvalue weighted by molar-refractivity contribution is 6.31. The van der Waals surface area contributed by atoms with E-state index in [1.54, 1.807) is 0 Å². The number of rotatable bonds is 4. The van der Waals surface area contributed by atoms with Crippen LogP contribution in [0.1, 0.15) is 33.3 Å². The van der Waals surface area contributed by atoms with E-state index in [0.717, 1.165) is 18.5 Å². The Balaban J connectivity index is 1.90. The maximum atomic E-state index is 13.5. The van der Waals surface area contributed by atoms with Crippen LogP contribution in [-0.4, -0.2) is 21.0 Å². The molecule has 5 nitrogen and oxygen atoms in total. The lowest BCUT2D eigenvalue weighted by Gasteiger charge is -2.14. The molecule has 2 aromatic carbocycles. The molecule has 29 heavy (non-hydrogen) atoms. The summed E-state index contributed by atoms with van der Waals surface area (Å²) >= 11 is 5.94. The second-order valence-electron chi connectivity index (χ2n) is 5.91. The normalized spacial score (nSPS) is 12.7. The Kier molecular flexibility index (Phi) is 5.58. The van der Waals surface area contributed by atoms with Gasteiger partial charge in [-0.2, -0.15) is 13.2 Å². The van der Waals surface area contributed by atoms with Gasteiger partial charge in [0.15, 0.2) is 0 Å². The first kappa shape index (κ1) is 20.7. The van der Waals surface area contributed by atoms with Crippen molar-refractivity contribution in [1.82, 2.24) is 9.97 Å². The zero-order valence-corrected chi connectivity index (χ0v) is 14.9. The van der Waals surface area contributed by atoms with E-state index in [1.165, 1.54) is 6.07 Å². The third-order valence-corrected chi connectivity index (χ3v) is 4.25. The van der Waals surface area contributed by atoms with E-state index in [4.69, 9.17) is 11.6 Å². The van der Waals surface area contributed by atoms with Gasteiger partial charge >= 0.3 is 6.18 Å². The Hall–Kier alpha value is -2.98. The van der Waals surface area contributed by atoms with Crippen LogP contribution in [0.15, 0.2) is 42.7 Å². The molecule has 0 aliphatic heterocycles. The maximum absolute atomic E-state index is 13.5. The molecule has 1 aromatic heterocycles. The van der Waals surface area contributed by atoms with Gasteiger partial charge in [0.05, 0.1) is 11.9 Å². The molecule has 0 bridgehead atoms. The van der Waals surface area contributed by atoms with Crippen molar-refractivity contribution < 1.29 is 31.9 Å². The number of aliphatic hydroxyl groups excluding tert-OH is 1. The van der Waals surface area contributed by atoms with Crippen molar-refractivity contribution in [3.8, 4) is 0 Å². The lowest BCUT2D eigenvalue weighted by atomic mass is 10.1. The average Bonchev–Trinajstić information content (AvgIpc) is 3.10. The van der Waals surface area contributed by atoms with Crippen LogP contribution < -0.4 is 5.32 Å². The van der Waals surface area contributed by atoms with Gasteiger partial charge in [-0.1, -0.05) is 11.6 Å². The van der Waals surface area contributed by atoms with E-state index in [0.29, 0.717) is 12.1 Å². The predicted molar refractivity (Wildman–Crippen MR) is 93.4 cm³/mol. The zero-order valence-electron chi connectivity index (χ0n) is 14.2. The number of anilines is 1. The highest BCUT2D eigenvalue weighted by Gasteiger charge is 2.32. The molecule has 1 heterocycles. The number of nitrogens with one attached hydrogen (secondary N) is 2. The summed E-state index contributed by atoms with van der Waals surface area (Å²) in [6, 6.07) is 4.62. The molecule has 0 radical (unpaired) electrons.